The van der Waals surface area contributed by atoms with Gasteiger partial charge in [-0.1, -0.05) is 25.8 Å². The van der Waals surface area contributed by atoms with Crippen molar-refractivity contribution in [2.75, 3.05) is 0 Å². The van der Waals surface area contributed by atoms with Crippen LogP contribution in [0.25, 0.3) is 0 Å². The zero-order valence-corrected chi connectivity index (χ0v) is 12.2. The van der Waals surface area contributed by atoms with Gasteiger partial charge in [0.25, 0.3) is 0 Å². The largest absolute Gasteiger partial charge is 2.00 e. The molecule has 0 heterocycles. The van der Waals surface area contributed by atoms with Gasteiger partial charge in [0.2, 0.25) is 0 Å². The Hall–Kier alpha value is 0.193. The first-order chi connectivity index (χ1) is 4.72. The minimum Gasteiger partial charge on any atom is -1.00 e. The first-order valence-corrected chi connectivity index (χ1v) is 3.62. The van der Waals surface area contributed by atoms with Gasteiger partial charge in [-0.15, -0.1) is 17.7 Å². The molecular weight excluding hydrogens is 265 g/mol. The Balaban J connectivity index is 0. The molecule has 0 bridgehead atoms. The van der Waals surface area contributed by atoms with Gasteiger partial charge < -0.3 is 17.0 Å². The topological polar surface area (TPSA) is 0 Å². The summed E-state index contributed by atoms with van der Waals surface area (Å²) in [5, 5.41) is 0. The van der Waals surface area contributed by atoms with Crippen molar-refractivity contribution in [1.82, 2.24) is 0 Å². The maximum Gasteiger partial charge on any atom is 2.00 e. The molecule has 0 radical (unpaired) electrons. The molecule has 0 fully saturated rings. The summed E-state index contributed by atoms with van der Waals surface area (Å²) in [4.78, 5) is 0. The van der Waals surface area contributed by atoms with Crippen LogP contribution in [0.4, 0.5) is 0 Å². The van der Waals surface area contributed by atoms with Crippen LogP contribution in [0.2, 0.25) is 0 Å². The molecule has 0 N–H and O–H groups in total. The Morgan fingerprint density at radius 3 is 2.00 bits per heavy atom. The minimum atomic E-state index is 0. The van der Waals surface area contributed by atoms with Crippen molar-refractivity contribution in [1.29, 1.82) is 0 Å². The predicted molar refractivity (Wildman–Crippen MR) is 45.0 cm³/mol. The fourth-order valence-electron chi connectivity index (χ4n) is 1.10. The summed E-state index contributed by atoms with van der Waals surface area (Å²) in [6.45, 7) is 8.31. The molecule has 1 aromatic rings. The molecule has 0 aromatic heterocycles. The monoisotopic (exact) mass is 276 g/mol. The van der Waals surface area contributed by atoms with Crippen LogP contribution >= 0.6 is 0 Å². The molecule has 0 nitrogen and oxygen atoms in total. The number of hydrogen-bond acceptors (Lipinski definition) is 0. The summed E-state index contributed by atoms with van der Waals surface area (Å²) in [6.07, 6.45) is 0. The van der Waals surface area contributed by atoms with Gasteiger partial charge in [0.05, 0.1) is 0 Å². The van der Waals surface area contributed by atoms with Gasteiger partial charge in [-0.05, 0) is 0 Å². The van der Waals surface area contributed by atoms with Crippen LogP contribution < -0.4 is 17.0 Å². The minimum absolute atomic E-state index is 0. The van der Waals surface area contributed by atoms with Crippen molar-refractivity contribution in [2.45, 2.75) is 19.8 Å². The molecule has 2 heteroatoms. The molecule has 0 amide bonds. The maximum atomic E-state index is 3.94. The smallest absolute Gasteiger partial charge is 1.00 e. The molecule has 0 saturated carbocycles. The molecular formula is C10H13BrZn. The summed E-state index contributed by atoms with van der Waals surface area (Å²) in [7, 11) is 0. The van der Waals surface area contributed by atoms with E-state index < -0.39 is 0 Å². The van der Waals surface area contributed by atoms with E-state index in [-0.39, 0.29) is 36.5 Å². The van der Waals surface area contributed by atoms with E-state index in [9.17, 15) is 0 Å². The number of halogens is 1. The van der Waals surface area contributed by atoms with E-state index in [0.29, 0.717) is 5.92 Å². The third-order valence-electron chi connectivity index (χ3n) is 1.68. The van der Waals surface area contributed by atoms with Gasteiger partial charge in [0.15, 0.2) is 0 Å². The summed E-state index contributed by atoms with van der Waals surface area (Å²) in [6, 6.07) is 8.26. The molecule has 12 heavy (non-hydrogen) atoms. The molecule has 0 aliphatic rings. The third kappa shape index (κ3) is 3.73. The van der Waals surface area contributed by atoms with E-state index in [0.717, 1.165) is 5.56 Å². The van der Waals surface area contributed by atoms with Crippen LogP contribution in [-0.4, -0.2) is 0 Å². The zero-order valence-electron chi connectivity index (χ0n) is 7.68. The average Bonchev–Trinajstić information content (AvgIpc) is 1.88. The Kier molecular flexibility index (Phi) is 8.19. The number of benzene rings is 1. The van der Waals surface area contributed by atoms with Crippen molar-refractivity contribution < 1.29 is 36.5 Å². The fourth-order valence-corrected chi connectivity index (χ4v) is 1.10. The fraction of sp³-hybridized carbons (Fsp3) is 0.300. The number of hydrogen-bond donors (Lipinski definition) is 0. The van der Waals surface area contributed by atoms with Gasteiger partial charge >= 0.3 is 19.5 Å². The molecule has 1 aromatic carbocycles. The van der Waals surface area contributed by atoms with Crippen molar-refractivity contribution in [3.8, 4) is 0 Å². The molecule has 0 aliphatic heterocycles. The van der Waals surface area contributed by atoms with E-state index in [2.05, 4.69) is 39.0 Å². The summed E-state index contributed by atoms with van der Waals surface area (Å²) >= 11 is 0. The van der Waals surface area contributed by atoms with E-state index in [1.54, 1.807) is 0 Å². The van der Waals surface area contributed by atoms with Crippen LogP contribution in [0.1, 0.15) is 30.9 Å². The Bertz CT molecular complexity index is 221. The molecule has 1 rings (SSSR count). The average molecular weight is 279 g/mol. The van der Waals surface area contributed by atoms with Crippen LogP contribution in [0.5, 0.6) is 0 Å². The normalized spacial score (nSPS) is 8.58. The molecule has 0 unspecified atom stereocenters. The van der Waals surface area contributed by atoms with E-state index in [4.69, 9.17) is 0 Å². The van der Waals surface area contributed by atoms with Gasteiger partial charge in [-0.3, -0.25) is 0 Å². The first-order valence-electron chi connectivity index (χ1n) is 3.62. The van der Waals surface area contributed by atoms with Crippen molar-refractivity contribution in [3.63, 3.8) is 0 Å². The van der Waals surface area contributed by atoms with E-state index in [1.165, 1.54) is 5.56 Å². The second-order valence-corrected chi connectivity index (χ2v) is 2.85. The number of rotatable bonds is 1. The Morgan fingerprint density at radius 2 is 1.67 bits per heavy atom. The summed E-state index contributed by atoms with van der Waals surface area (Å²) in [5.41, 5.74) is 2.50. The summed E-state index contributed by atoms with van der Waals surface area (Å²) < 4.78 is 0. The van der Waals surface area contributed by atoms with Crippen LogP contribution in [0.15, 0.2) is 24.3 Å². The second kappa shape index (κ2) is 6.68. The third-order valence-corrected chi connectivity index (χ3v) is 1.68. The quantitative estimate of drug-likeness (QED) is 0.501. The molecule has 0 saturated heterocycles. The van der Waals surface area contributed by atoms with Gasteiger partial charge in [0.1, 0.15) is 0 Å². The predicted octanol–water partition coefficient (Wildman–Crippen LogP) is -0.00631. The van der Waals surface area contributed by atoms with Gasteiger partial charge in [-0.25, -0.2) is 0 Å². The molecule has 62 valence electrons. The Morgan fingerprint density at radius 1 is 1.17 bits per heavy atom. The van der Waals surface area contributed by atoms with Crippen LogP contribution in [-0.2, 0) is 19.5 Å². The van der Waals surface area contributed by atoms with Crippen molar-refractivity contribution in [3.05, 3.63) is 42.3 Å². The molecule has 0 aliphatic carbocycles. The van der Waals surface area contributed by atoms with Crippen molar-refractivity contribution >= 4 is 0 Å². The maximum absolute atomic E-state index is 3.94. The van der Waals surface area contributed by atoms with E-state index in [1.807, 2.05) is 6.07 Å². The SMILES string of the molecule is [Br-].[CH2-]c1ccccc1C(C)C.[Zn+2]. The zero-order chi connectivity index (χ0) is 7.56. The summed E-state index contributed by atoms with van der Waals surface area (Å²) in [5.74, 6) is 0.591. The van der Waals surface area contributed by atoms with E-state index >= 15 is 0 Å². The molecule has 0 atom stereocenters. The van der Waals surface area contributed by atoms with Crippen LogP contribution in [0, 0.1) is 6.92 Å². The van der Waals surface area contributed by atoms with Gasteiger partial charge in [0, 0.05) is 0 Å². The second-order valence-electron chi connectivity index (χ2n) is 2.85. The van der Waals surface area contributed by atoms with Gasteiger partial charge in [-0.2, -0.15) is 18.6 Å². The van der Waals surface area contributed by atoms with Crippen LogP contribution in [0.3, 0.4) is 0 Å². The van der Waals surface area contributed by atoms with Crippen molar-refractivity contribution in [2.24, 2.45) is 0 Å². The Labute approximate surface area is 98.3 Å². The molecule has 0 spiro atoms. The first kappa shape index (κ1) is 14.7. The standard InChI is InChI=1S/C10H13.BrH.Zn/c1-8(2)10-7-5-4-6-9(10)3;;/h4-8H,3H2,1-2H3;1H;/q-1;;+2/p-1.